The molecule has 3 aliphatic rings. The summed E-state index contributed by atoms with van der Waals surface area (Å²) in [6, 6.07) is 7.35. The van der Waals surface area contributed by atoms with Crippen LogP contribution in [0.4, 0.5) is 0 Å². The Bertz CT molecular complexity index is 638. The molecular formula is C18H20O4. The molecule has 0 spiro atoms. The largest absolute Gasteiger partial charge is 0.496 e. The second-order valence-corrected chi connectivity index (χ2v) is 6.57. The number of Topliss-reactive ketones (excluding diaryl/α,β-unsaturated/α-hetero) is 2. The average molecular weight is 300 g/mol. The van der Waals surface area contributed by atoms with Crippen LogP contribution in [0.1, 0.15) is 31.2 Å². The molecule has 0 aromatic heterocycles. The van der Waals surface area contributed by atoms with Gasteiger partial charge in [0.1, 0.15) is 11.7 Å². The topological polar surface area (TPSA) is 52.6 Å². The van der Waals surface area contributed by atoms with Crippen LogP contribution >= 0.6 is 0 Å². The zero-order valence-electron chi connectivity index (χ0n) is 12.8. The molecule has 1 saturated carbocycles. The SMILES string of the molecule is CCC1CC2OC1[C@H]1C(=O)C(c3ccccc3OC)C(=O)[C@@H]21. The van der Waals surface area contributed by atoms with Gasteiger partial charge in [0.05, 0.1) is 31.2 Å². The highest BCUT2D eigenvalue weighted by Gasteiger charge is 2.65. The maximum absolute atomic E-state index is 13.0. The average Bonchev–Trinajstić information content (AvgIpc) is 3.19. The maximum atomic E-state index is 13.0. The Hall–Kier alpha value is -1.68. The van der Waals surface area contributed by atoms with E-state index in [0.717, 1.165) is 12.8 Å². The van der Waals surface area contributed by atoms with E-state index in [-0.39, 0.29) is 35.6 Å². The van der Waals surface area contributed by atoms with Gasteiger partial charge in [0, 0.05) is 5.56 Å². The summed E-state index contributed by atoms with van der Waals surface area (Å²) in [4.78, 5) is 25.9. The first kappa shape index (κ1) is 13.9. The highest BCUT2D eigenvalue weighted by molar-refractivity contribution is 6.17. The van der Waals surface area contributed by atoms with Gasteiger partial charge in [-0.2, -0.15) is 0 Å². The van der Waals surface area contributed by atoms with Crippen LogP contribution in [0.5, 0.6) is 5.75 Å². The number of methoxy groups -OCH3 is 1. The van der Waals surface area contributed by atoms with Gasteiger partial charge in [0.2, 0.25) is 0 Å². The molecule has 4 unspecified atom stereocenters. The number of ether oxygens (including phenoxy) is 2. The fourth-order valence-electron chi connectivity index (χ4n) is 4.68. The predicted molar refractivity (Wildman–Crippen MR) is 79.8 cm³/mol. The molecule has 2 saturated heterocycles. The smallest absolute Gasteiger partial charge is 0.154 e. The molecule has 1 aliphatic carbocycles. The van der Waals surface area contributed by atoms with Crippen LogP contribution in [0.15, 0.2) is 24.3 Å². The molecule has 2 aliphatic heterocycles. The Morgan fingerprint density at radius 1 is 1.18 bits per heavy atom. The lowest BCUT2D eigenvalue weighted by Crippen LogP contribution is -2.34. The summed E-state index contributed by atoms with van der Waals surface area (Å²) in [6.45, 7) is 2.13. The molecule has 3 fully saturated rings. The van der Waals surface area contributed by atoms with Crippen molar-refractivity contribution in [2.24, 2.45) is 17.8 Å². The van der Waals surface area contributed by atoms with Gasteiger partial charge < -0.3 is 9.47 Å². The predicted octanol–water partition coefficient (Wildman–Crippen LogP) is 2.36. The van der Waals surface area contributed by atoms with Crippen LogP contribution in [0.3, 0.4) is 0 Å². The van der Waals surface area contributed by atoms with Gasteiger partial charge in [0.25, 0.3) is 0 Å². The molecule has 0 radical (unpaired) electrons. The summed E-state index contributed by atoms with van der Waals surface area (Å²) < 4.78 is 11.3. The molecule has 2 bridgehead atoms. The summed E-state index contributed by atoms with van der Waals surface area (Å²) in [5.41, 5.74) is 0.710. The minimum atomic E-state index is -0.671. The lowest BCUT2D eigenvalue weighted by atomic mass is 9.74. The Kier molecular flexibility index (Phi) is 3.12. The van der Waals surface area contributed by atoms with Crippen LogP contribution in [0, 0.1) is 17.8 Å². The van der Waals surface area contributed by atoms with E-state index in [2.05, 4.69) is 6.92 Å². The van der Waals surface area contributed by atoms with Crippen molar-refractivity contribution in [1.29, 1.82) is 0 Å². The third-order valence-electron chi connectivity index (χ3n) is 5.67. The zero-order chi connectivity index (χ0) is 15.4. The van der Waals surface area contributed by atoms with Crippen molar-refractivity contribution in [1.82, 2.24) is 0 Å². The van der Waals surface area contributed by atoms with Crippen molar-refractivity contribution in [2.45, 2.75) is 37.9 Å². The third-order valence-corrected chi connectivity index (χ3v) is 5.67. The molecule has 1 aromatic carbocycles. The highest BCUT2D eigenvalue weighted by Crippen LogP contribution is 2.55. The quantitative estimate of drug-likeness (QED) is 0.804. The standard InChI is InChI=1S/C18H20O4/c1-3-9-8-12-14-15(18(9)22-12)17(20)13(16(14)19)10-6-4-5-7-11(10)21-2/h4-7,9,12-15,18H,3,8H2,1-2H3/t9?,12?,13?,14-,15+,18?/m0/s1. The van der Waals surface area contributed by atoms with Crippen LogP contribution < -0.4 is 4.74 Å². The van der Waals surface area contributed by atoms with Gasteiger partial charge in [-0.25, -0.2) is 0 Å². The number of benzene rings is 1. The van der Waals surface area contributed by atoms with Crippen LogP contribution in [-0.2, 0) is 14.3 Å². The van der Waals surface area contributed by atoms with Crippen LogP contribution in [-0.4, -0.2) is 30.9 Å². The number of para-hydroxylation sites is 1. The molecular weight excluding hydrogens is 280 g/mol. The number of carbonyl (C=O) groups excluding carboxylic acids is 2. The van der Waals surface area contributed by atoms with E-state index >= 15 is 0 Å². The first-order valence-corrected chi connectivity index (χ1v) is 8.03. The van der Waals surface area contributed by atoms with Gasteiger partial charge in [-0.1, -0.05) is 31.5 Å². The first-order valence-electron chi connectivity index (χ1n) is 8.03. The Morgan fingerprint density at radius 3 is 2.64 bits per heavy atom. The van der Waals surface area contributed by atoms with E-state index in [1.165, 1.54) is 0 Å². The van der Waals surface area contributed by atoms with Crippen molar-refractivity contribution < 1.29 is 19.1 Å². The van der Waals surface area contributed by atoms with Gasteiger partial charge in [0.15, 0.2) is 11.6 Å². The van der Waals surface area contributed by atoms with E-state index in [4.69, 9.17) is 9.47 Å². The first-order chi connectivity index (χ1) is 10.7. The highest BCUT2D eigenvalue weighted by atomic mass is 16.5. The minimum Gasteiger partial charge on any atom is -0.496 e. The molecule has 0 N–H and O–H groups in total. The fourth-order valence-corrected chi connectivity index (χ4v) is 4.68. The second kappa shape index (κ2) is 4.92. The summed E-state index contributed by atoms with van der Waals surface area (Å²) in [5.74, 6) is -0.0578. The van der Waals surface area contributed by atoms with Crippen LogP contribution in [0.25, 0.3) is 0 Å². The fraction of sp³-hybridized carbons (Fsp3) is 0.556. The number of hydrogen-bond acceptors (Lipinski definition) is 4. The van der Waals surface area contributed by atoms with Crippen molar-refractivity contribution in [3.8, 4) is 5.75 Å². The van der Waals surface area contributed by atoms with Crippen molar-refractivity contribution >= 4 is 11.6 Å². The second-order valence-electron chi connectivity index (χ2n) is 6.57. The van der Waals surface area contributed by atoms with Crippen LogP contribution in [0.2, 0.25) is 0 Å². The lowest BCUT2D eigenvalue weighted by molar-refractivity contribution is -0.127. The molecule has 4 rings (SSSR count). The number of hydrogen-bond donors (Lipinski definition) is 0. The number of fused-ring (bicyclic) bond motifs is 5. The molecule has 116 valence electrons. The van der Waals surface area contributed by atoms with E-state index in [9.17, 15) is 9.59 Å². The summed E-state index contributed by atoms with van der Waals surface area (Å²) >= 11 is 0. The van der Waals surface area contributed by atoms with Crippen molar-refractivity contribution in [3.05, 3.63) is 29.8 Å². The molecule has 6 atom stereocenters. The maximum Gasteiger partial charge on any atom is 0.154 e. The zero-order valence-corrected chi connectivity index (χ0v) is 12.8. The number of rotatable bonds is 3. The van der Waals surface area contributed by atoms with E-state index < -0.39 is 5.92 Å². The summed E-state index contributed by atoms with van der Waals surface area (Å²) in [7, 11) is 1.57. The van der Waals surface area contributed by atoms with E-state index in [0.29, 0.717) is 17.2 Å². The summed E-state index contributed by atoms with van der Waals surface area (Å²) in [5, 5.41) is 0. The Morgan fingerprint density at radius 2 is 1.91 bits per heavy atom. The lowest BCUT2D eigenvalue weighted by Gasteiger charge is -2.24. The Labute approximate surface area is 129 Å². The van der Waals surface area contributed by atoms with Gasteiger partial charge in [-0.05, 0) is 18.4 Å². The van der Waals surface area contributed by atoms with Gasteiger partial charge in [-0.15, -0.1) is 0 Å². The normalized spacial score (nSPS) is 39.4. The molecule has 1 aromatic rings. The molecule has 4 nitrogen and oxygen atoms in total. The number of carbonyl (C=O) groups is 2. The van der Waals surface area contributed by atoms with E-state index in [1.54, 1.807) is 7.11 Å². The molecule has 4 heteroatoms. The van der Waals surface area contributed by atoms with Crippen molar-refractivity contribution in [3.63, 3.8) is 0 Å². The molecule has 0 amide bonds. The van der Waals surface area contributed by atoms with Crippen molar-refractivity contribution in [2.75, 3.05) is 7.11 Å². The Balaban J connectivity index is 1.73. The van der Waals surface area contributed by atoms with E-state index in [1.807, 2.05) is 24.3 Å². The summed E-state index contributed by atoms with van der Waals surface area (Å²) in [6.07, 6.45) is 1.80. The minimum absolute atomic E-state index is 0.0292. The third kappa shape index (κ3) is 1.67. The van der Waals surface area contributed by atoms with Gasteiger partial charge in [-0.3, -0.25) is 9.59 Å². The monoisotopic (exact) mass is 300 g/mol. The molecule has 2 heterocycles. The molecule has 22 heavy (non-hydrogen) atoms. The van der Waals surface area contributed by atoms with Gasteiger partial charge >= 0.3 is 0 Å². The number of ketones is 2.